The second-order valence-corrected chi connectivity index (χ2v) is 10.7. The quantitative estimate of drug-likeness (QED) is 0.368. The van der Waals surface area contributed by atoms with Gasteiger partial charge in [0.15, 0.2) is 5.82 Å². The highest BCUT2D eigenvalue weighted by molar-refractivity contribution is 5.87. The van der Waals surface area contributed by atoms with Crippen molar-refractivity contribution in [2.24, 2.45) is 0 Å². The van der Waals surface area contributed by atoms with Gasteiger partial charge in [0, 0.05) is 66.0 Å². The Morgan fingerprint density at radius 3 is 2.33 bits per heavy atom. The molecular weight excluding hydrogens is 494 g/mol. The number of pyridine rings is 1. The highest BCUT2D eigenvalue weighted by Gasteiger charge is 2.32. The fourth-order valence-corrected chi connectivity index (χ4v) is 5.80. The van der Waals surface area contributed by atoms with Crippen molar-refractivity contribution in [2.75, 3.05) is 89.6 Å². The lowest BCUT2D eigenvalue weighted by Crippen LogP contribution is -2.60. The number of hydrogen-bond acceptors (Lipinski definition) is 10. The number of ether oxygens (including phenoxy) is 2. The molecule has 204 valence electrons. The molecule has 0 unspecified atom stereocenters. The van der Waals surface area contributed by atoms with Gasteiger partial charge in [0.1, 0.15) is 5.52 Å². The van der Waals surface area contributed by atoms with Crippen LogP contribution in [0.3, 0.4) is 0 Å². The number of anilines is 2. The van der Waals surface area contributed by atoms with Gasteiger partial charge in [-0.3, -0.25) is 9.80 Å². The average Bonchev–Trinajstić information content (AvgIpc) is 3.35. The molecule has 1 aromatic carbocycles. The molecule has 0 amide bonds. The molecule has 6 heterocycles. The van der Waals surface area contributed by atoms with Crippen LogP contribution in [0.2, 0.25) is 0 Å². The molecule has 3 saturated heterocycles. The number of aromatic nitrogens is 5. The van der Waals surface area contributed by atoms with Crippen molar-refractivity contribution in [3.63, 3.8) is 0 Å². The Balaban J connectivity index is 1.24. The van der Waals surface area contributed by atoms with E-state index in [4.69, 9.17) is 29.4 Å². The van der Waals surface area contributed by atoms with E-state index in [2.05, 4.69) is 32.9 Å². The third-order valence-corrected chi connectivity index (χ3v) is 7.91. The van der Waals surface area contributed by atoms with Crippen LogP contribution in [0.25, 0.3) is 28.0 Å². The Hall–Kier alpha value is -3.38. The Morgan fingerprint density at radius 2 is 1.56 bits per heavy atom. The lowest BCUT2D eigenvalue weighted by molar-refractivity contribution is -0.0347. The maximum absolute atomic E-state index is 5.66. The van der Waals surface area contributed by atoms with Crippen LogP contribution < -0.4 is 9.80 Å². The van der Waals surface area contributed by atoms with E-state index < -0.39 is 0 Å². The van der Waals surface area contributed by atoms with Crippen molar-refractivity contribution in [3.8, 4) is 5.95 Å². The molecule has 0 bridgehead atoms. The topological polar surface area (TPSA) is 87.9 Å². The molecule has 0 saturated carbocycles. The van der Waals surface area contributed by atoms with Crippen molar-refractivity contribution < 1.29 is 9.47 Å². The summed E-state index contributed by atoms with van der Waals surface area (Å²) in [4.78, 5) is 29.5. The number of morpholine rings is 2. The summed E-state index contributed by atoms with van der Waals surface area (Å²) in [5.74, 6) is 2.25. The van der Waals surface area contributed by atoms with Crippen molar-refractivity contribution in [2.45, 2.75) is 12.6 Å². The van der Waals surface area contributed by atoms with Gasteiger partial charge in [-0.25, -0.2) is 19.5 Å². The van der Waals surface area contributed by atoms with Gasteiger partial charge >= 0.3 is 0 Å². The number of para-hydroxylation sites is 2. The first-order chi connectivity index (χ1) is 19.1. The van der Waals surface area contributed by atoms with Crippen LogP contribution in [-0.2, 0) is 16.0 Å². The molecule has 3 aliphatic heterocycles. The number of fused-ring (bicyclic) bond motifs is 2. The summed E-state index contributed by atoms with van der Waals surface area (Å²) in [7, 11) is 3.99. The molecular formula is C28H35N9O2. The molecule has 39 heavy (non-hydrogen) atoms. The molecule has 0 atom stereocenters. The number of nitrogens with zero attached hydrogens (tertiary/aromatic N) is 9. The van der Waals surface area contributed by atoms with Crippen LogP contribution in [0.4, 0.5) is 11.8 Å². The van der Waals surface area contributed by atoms with Crippen LogP contribution in [0.1, 0.15) is 5.69 Å². The highest BCUT2D eigenvalue weighted by Crippen LogP contribution is 2.30. The molecule has 7 rings (SSSR count). The molecule has 11 heteroatoms. The third kappa shape index (κ3) is 4.69. The smallest absolute Gasteiger partial charge is 0.239 e. The van der Waals surface area contributed by atoms with Crippen molar-refractivity contribution in [1.82, 2.24) is 34.3 Å². The summed E-state index contributed by atoms with van der Waals surface area (Å²) in [5, 5.41) is 0. The number of hydrogen-bond donors (Lipinski definition) is 0. The van der Waals surface area contributed by atoms with E-state index in [9.17, 15) is 0 Å². The molecule has 3 aromatic heterocycles. The van der Waals surface area contributed by atoms with Gasteiger partial charge in [-0.2, -0.15) is 4.98 Å². The summed E-state index contributed by atoms with van der Waals surface area (Å²) >= 11 is 0. The van der Waals surface area contributed by atoms with Gasteiger partial charge < -0.3 is 19.3 Å². The zero-order valence-corrected chi connectivity index (χ0v) is 22.7. The van der Waals surface area contributed by atoms with Gasteiger partial charge in [-0.1, -0.05) is 12.1 Å². The van der Waals surface area contributed by atoms with Gasteiger partial charge in [0.05, 0.1) is 48.7 Å². The van der Waals surface area contributed by atoms with Crippen molar-refractivity contribution >= 4 is 33.8 Å². The van der Waals surface area contributed by atoms with E-state index in [0.717, 1.165) is 98.6 Å². The lowest BCUT2D eigenvalue weighted by Gasteiger charge is -2.46. The van der Waals surface area contributed by atoms with Crippen LogP contribution in [0.5, 0.6) is 0 Å². The minimum Gasteiger partial charge on any atom is -0.379 e. The number of likely N-dealkylation sites (tertiary alicyclic amines) is 1. The highest BCUT2D eigenvalue weighted by atomic mass is 16.5. The van der Waals surface area contributed by atoms with Crippen LogP contribution in [-0.4, -0.2) is 120 Å². The molecule has 3 aliphatic rings. The number of imidazole rings is 1. The minimum atomic E-state index is 0.604. The fraction of sp³-hybridized carbons (Fsp3) is 0.500. The largest absolute Gasteiger partial charge is 0.379 e. The second-order valence-electron chi connectivity index (χ2n) is 10.7. The fourth-order valence-electron chi connectivity index (χ4n) is 5.80. The van der Waals surface area contributed by atoms with Crippen molar-refractivity contribution in [3.05, 3.63) is 42.1 Å². The normalized spacial score (nSPS) is 19.6. The Labute approximate surface area is 228 Å². The molecule has 3 fully saturated rings. The van der Waals surface area contributed by atoms with Gasteiger partial charge in [-0.15, -0.1) is 0 Å². The Kier molecular flexibility index (Phi) is 6.51. The lowest BCUT2D eigenvalue weighted by atomic mass is 10.1. The van der Waals surface area contributed by atoms with Gasteiger partial charge in [-0.05, 0) is 24.3 Å². The molecule has 0 N–H and O–H groups in total. The summed E-state index contributed by atoms with van der Waals surface area (Å²) in [6.45, 7) is 9.65. The number of benzene rings is 1. The average molecular weight is 530 g/mol. The maximum atomic E-state index is 5.66. The standard InChI is InChI=1S/C28H35N9O2/c1-33(2)28-31-22-5-3-4-6-24(22)37(28)27-30-23-8-7-20(17-34-18-21(19-34)35-9-13-38-14-10-35)29-25(23)26(32-27)36-11-15-39-16-12-36/h3-8,21H,9-19H2,1-2H3. The van der Waals surface area contributed by atoms with Crippen molar-refractivity contribution in [1.29, 1.82) is 0 Å². The van der Waals surface area contributed by atoms with E-state index in [1.165, 1.54) is 0 Å². The molecule has 4 aromatic rings. The summed E-state index contributed by atoms with van der Waals surface area (Å²) in [6, 6.07) is 13.0. The minimum absolute atomic E-state index is 0.604. The summed E-state index contributed by atoms with van der Waals surface area (Å²) in [6.07, 6.45) is 0. The Morgan fingerprint density at radius 1 is 0.821 bits per heavy atom. The SMILES string of the molecule is CN(C)c1nc2ccccc2n1-c1nc(N2CCOCC2)c2nc(CN3CC(N4CCOCC4)C3)ccc2n1. The molecule has 0 aliphatic carbocycles. The second kappa shape index (κ2) is 10.3. The zero-order valence-electron chi connectivity index (χ0n) is 22.7. The predicted octanol–water partition coefficient (Wildman–Crippen LogP) is 1.78. The van der Waals surface area contributed by atoms with E-state index in [1.807, 2.05) is 41.8 Å². The van der Waals surface area contributed by atoms with Gasteiger partial charge in [0.25, 0.3) is 0 Å². The molecule has 11 nitrogen and oxygen atoms in total. The monoisotopic (exact) mass is 529 g/mol. The Bertz CT molecular complexity index is 1470. The molecule has 0 radical (unpaired) electrons. The van der Waals surface area contributed by atoms with Crippen LogP contribution in [0.15, 0.2) is 36.4 Å². The van der Waals surface area contributed by atoms with Gasteiger partial charge in [0.2, 0.25) is 11.9 Å². The summed E-state index contributed by atoms with van der Waals surface area (Å²) in [5.41, 5.74) is 4.62. The zero-order chi connectivity index (χ0) is 26.3. The van der Waals surface area contributed by atoms with Crippen LogP contribution in [0, 0.1) is 0 Å². The van der Waals surface area contributed by atoms with E-state index >= 15 is 0 Å². The predicted molar refractivity (Wildman–Crippen MR) is 151 cm³/mol. The number of rotatable bonds is 6. The van der Waals surface area contributed by atoms with E-state index in [0.29, 0.717) is 25.2 Å². The first kappa shape index (κ1) is 24.6. The van der Waals surface area contributed by atoms with E-state index in [1.54, 1.807) is 0 Å². The van der Waals surface area contributed by atoms with E-state index in [-0.39, 0.29) is 0 Å². The molecule has 0 spiro atoms. The summed E-state index contributed by atoms with van der Waals surface area (Å²) < 4.78 is 13.2. The first-order valence-corrected chi connectivity index (χ1v) is 13.8. The first-order valence-electron chi connectivity index (χ1n) is 13.8. The van der Waals surface area contributed by atoms with Crippen LogP contribution >= 0.6 is 0 Å². The third-order valence-electron chi connectivity index (χ3n) is 7.91. The maximum Gasteiger partial charge on any atom is 0.239 e.